The summed E-state index contributed by atoms with van der Waals surface area (Å²) in [7, 11) is 0. The number of halogens is 1. The second-order valence-corrected chi connectivity index (χ2v) is 7.19. The van der Waals surface area contributed by atoms with Gasteiger partial charge in [0.1, 0.15) is 5.75 Å². The van der Waals surface area contributed by atoms with Crippen molar-refractivity contribution in [3.05, 3.63) is 88.4 Å². The number of nitrogens with one attached hydrogen (secondary N) is 2. The molecule has 3 rings (SSSR count). The van der Waals surface area contributed by atoms with Crippen LogP contribution in [0.25, 0.3) is 0 Å². The van der Waals surface area contributed by atoms with Crippen molar-refractivity contribution in [1.82, 2.24) is 0 Å². The first-order chi connectivity index (χ1) is 15.0. The van der Waals surface area contributed by atoms with Gasteiger partial charge in [-0.15, -0.1) is 0 Å². The number of amides is 2. The largest absolute Gasteiger partial charge is 0.513 e. The van der Waals surface area contributed by atoms with Gasteiger partial charge in [-0.3, -0.25) is 9.59 Å². The Hall–Kier alpha value is -3.65. The van der Waals surface area contributed by atoms with E-state index < -0.39 is 6.16 Å². The van der Waals surface area contributed by atoms with Gasteiger partial charge in [0.15, 0.2) is 0 Å². The predicted octanol–water partition coefficient (Wildman–Crippen LogP) is 5.49. The number of hydrogen-bond donors (Lipinski definition) is 2. The minimum absolute atomic E-state index is 0.205. The van der Waals surface area contributed by atoms with Crippen molar-refractivity contribution in [2.75, 3.05) is 17.2 Å². The lowest BCUT2D eigenvalue weighted by Crippen LogP contribution is -2.17. The minimum atomic E-state index is -0.810. The van der Waals surface area contributed by atoms with Crippen LogP contribution in [0.1, 0.15) is 27.6 Å². The number of ether oxygens (including phenoxy) is 2. The van der Waals surface area contributed by atoms with Crippen LogP contribution in [-0.4, -0.2) is 24.6 Å². The standard InChI is InChI=1S/C23H19BrN2O5/c1-2-30-23(29)31-18-13-9-16(10-14-18)22(28)26-20-6-4-3-5-19(20)25-21(27)15-7-11-17(24)12-8-15/h3-14H,2H2,1H3,(H,25,27)(H,26,28). The molecular weight excluding hydrogens is 464 g/mol. The number of carbonyl (C=O) groups excluding carboxylic acids is 3. The van der Waals surface area contributed by atoms with E-state index in [1.807, 2.05) is 0 Å². The highest BCUT2D eigenvalue weighted by molar-refractivity contribution is 9.10. The summed E-state index contributed by atoms with van der Waals surface area (Å²) in [5.41, 5.74) is 1.75. The average Bonchev–Trinajstić information content (AvgIpc) is 2.76. The molecule has 0 aromatic heterocycles. The van der Waals surface area contributed by atoms with Crippen LogP contribution in [0.4, 0.5) is 16.2 Å². The van der Waals surface area contributed by atoms with Crippen molar-refractivity contribution in [3.63, 3.8) is 0 Å². The molecule has 0 fully saturated rings. The SMILES string of the molecule is CCOC(=O)Oc1ccc(C(=O)Nc2ccccc2NC(=O)c2ccc(Br)cc2)cc1. The number of anilines is 2. The molecule has 31 heavy (non-hydrogen) atoms. The van der Waals surface area contributed by atoms with E-state index in [4.69, 9.17) is 9.47 Å². The fourth-order valence-electron chi connectivity index (χ4n) is 2.61. The third kappa shape index (κ3) is 6.16. The molecule has 0 spiro atoms. The molecule has 0 saturated carbocycles. The first-order valence-corrected chi connectivity index (χ1v) is 10.2. The Bertz CT molecular complexity index is 1080. The molecule has 0 bridgehead atoms. The molecule has 0 unspecified atom stereocenters. The van der Waals surface area contributed by atoms with Crippen LogP contribution in [0.15, 0.2) is 77.3 Å². The third-order valence-electron chi connectivity index (χ3n) is 4.11. The number of carbonyl (C=O) groups is 3. The fraction of sp³-hybridized carbons (Fsp3) is 0.0870. The monoisotopic (exact) mass is 482 g/mol. The number of hydrogen-bond acceptors (Lipinski definition) is 5. The topological polar surface area (TPSA) is 93.7 Å². The van der Waals surface area contributed by atoms with Gasteiger partial charge in [-0.1, -0.05) is 28.1 Å². The lowest BCUT2D eigenvalue weighted by Gasteiger charge is -2.13. The molecule has 0 aliphatic heterocycles. The Morgan fingerprint density at radius 3 is 1.74 bits per heavy atom. The molecule has 8 heteroatoms. The van der Waals surface area contributed by atoms with E-state index in [2.05, 4.69) is 26.6 Å². The fourth-order valence-corrected chi connectivity index (χ4v) is 2.87. The average molecular weight is 483 g/mol. The normalized spacial score (nSPS) is 10.1. The summed E-state index contributed by atoms with van der Waals surface area (Å²) in [5.74, 6) is -0.417. The van der Waals surface area contributed by atoms with E-state index in [1.54, 1.807) is 55.5 Å². The van der Waals surface area contributed by atoms with E-state index in [1.165, 1.54) is 24.3 Å². The van der Waals surface area contributed by atoms with Gasteiger partial charge < -0.3 is 20.1 Å². The maximum absolute atomic E-state index is 12.6. The van der Waals surface area contributed by atoms with E-state index in [-0.39, 0.29) is 24.2 Å². The van der Waals surface area contributed by atoms with Gasteiger partial charge in [-0.05, 0) is 67.6 Å². The molecule has 3 aromatic carbocycles. The first kappa shape index (κ1) is 22.0. The zero-order chi connectivity index (χ0) is 22.2. The van der Waals surface area contributed by atoms with Crippen molar-refractivity contribution in [2.45, 2.75) is 6.92 Å². The van der Waals surface area contributed by atoms with Gasteiger partial charge in [-0.2, -0.15) is 0 Å². The van der Waals surface area contributed by atoms with Gasteiger partial charge >= 0.3 is 6.16 Å². The van der Waals surface area contributed by atoms with Crippen molar-refractivity contribution in [2.24, 2.45) is 0 Å². The van der Waals surface area contributed by atoms with Gasteiger partial charge in [-0.25, -0.2) is 4.79 Å². The van der Waals surface area contributed by atoms with Gasteiger partial charge in [0, 0.05) is 15.6 Å². The smallest absolute Gasteiger partial charge is 0.434 e. The Labute approximate surface area is 187 Å². The van der Waals surface area contributed by atoms with E-state index in [0.717, 1.165) is 4.47 Å². The minimum Gasteiger partial charge on any atom is -0.434 e. The lowest BCUT2D eigenvalue weighted by molar-refractivity contribution is 0.101. The number of benzene rings is 3. The van der Waals surface area contributed by atoms with Crippen LogP contribution in [0.2, 0.25) is 0 Å². The van der Waals surface area contributed by atoms with Crippen LogP contribution in [-0.2, 0) is 4.74 Å². The molecule has 2 amide bonds. The van der Waals surface area contributed by atoms with Gasteiger partial charge in [0.2, 0.25) is 0 Å². The molecule has 0 radical (unpaired) electrons. The predicted molar refractivity (Wildman–Crippen MR) is 121 cm³/mol. The molecule has 0 saturated heterocycles. The van der Waals surface area contributed by atoms with Crippen molar-refractivity contribution in [3.8, 4) is 5.75 Å². The third-order valence-corrected chi connectivity index (χ3v) is 4.64. The van der Waals surface area contributed by atoms with Crippen LogP contribution in [0.5, 0.6) is 5.75 Å². The zero-order valence-electron chi connectivity index (χ0n) is 16.6. The molecule has 0 atom stereocenters. The molecule has 0 aliphatic carbocycles. The molecule has 158 valence electrons. The van der Waals surface area contributed by atoms with E-state index >= 15 is 0 Å². The van der Waals surface area contributed by atoms with E-state index in [0.29, 0.717) is 22.5 Å². The molecule has 0 aliphatic rings. The quantitative estimate of drug-likeness (QED) is 0.357. The summed E-state index contributed by atoms with van der Waals surface area (Å²) >= 11 is 3.34. The zero-order valence-corrected chi connectivity index (χ0v) is 18.1. The lowest BCUT2D eigenvalue weighted by atomic mass is 10.1. The van der Waals surface area contributed by atoms with Crippen molar-refractivity contribution < 1.29 is 23.9 Å². The highest BCUT2D eigenvalue weighted by Gasteiger charge is 2.13. The van der Waals surface area contributed by atoms with Crippen molar-refractivity contribution >= 4 is 45.3 Å². The Balaban J connectivity index is 1.68. The summed E-state index contributed by atoms with van der Waals surface area (Å²) in [5, 5.41) is 5.59. The Morgan fingerprint density at radius 2 is 1.26 bits per heavy atom. The maximum Gasteiger partial charge on any atom is 0.513 e. The van der Waals surface area contributed by atoms with E-state index in [9.17, 15) is 14.4 Å². The summed E-state index contributed by atoms with van der Waals surface area (Å²) < 4.78 is 10.6. The van der Waals surface area contributed by atoms with Crippen LogP contribution in [0, 0.1) is 0 Å². The van der Waals surface area contributed by atoms with Crippen LogP contribution in [0.3, 0.4) is 0 Å². The highest BCUT2D eigenvalue weighted by atomic mass is 79.9. The molecule has 2 N–H and O–H groups in total. The summed E-state index contributed by atoms with van der Waals surface area (Å²) in [6.07, 6.45) is -0.810. The summed E-state index contributed by atoms with van der Waals surface area (Å²) in [6.45, 7) is 1.88. The van der Waals surface area contributed by atoms with Gasteiger partial charge in [0.05, 0.1) is 18.0 Å². The first-order valence-electron chi connectivity index (χ1n) is 9.38. The van der Waals surface area contributed by atoms with Gasteiger partial charge in [0.25, 0.3) is 11.8 Å². The summed E-state index contributed by atoms with van der Waals surface area (Å²) in [6, 6.07) is 19.9. The second-order valence-electron chi connectivity index (χ2n) is 6.27. The second kappa shape index (κ2) is 10.4. The number of para-hydroxylation sites is 2. The summed E-state index contributed by atoms with van der Waals surface area (Å²) in [4.78, 5) is 36.5. The van der Waals surface area contributed by atoms with Crippen LogP contribution >= 0.6 is 15.9 Å². The molecule has 0 heterocycles. The number of rotatable bonds is 6. The maximum atomic E-state index is 12.6. The Morgan fingerprint density at radius 1 is 0.774 bits per heavy atom. The Kier molecular flexibility index (Phi) is 7.40. The van der Waals surface area contributed by atoms with Crippen LogP contribution < -0.4 is 15.4 Å². The van der Waals surface area contributed by atoms with Crippen molar-refractivity contribution in [1.29, 1.82) is 0 Å². The molecule has 3 aromatic rings. The molecule has 7 nitrogen and oxygen atoms in total. The highest BCUT2D eigenvalue weighted by Crippen LogP contribution is 2.23. The molecular formula is C23H19BrN2O5.